The summed E-state index contributed by atoms with van der Waals surface area (Å²) in [6.07, 6.45) is 0. The Kier molecular flexibility index (Phi) is 3.47. The van der Waals surface area contributed by atoms with E-state index in [0.717, 1.165) is 11.1 Å². The van der Waals surface area contributed by atoms with Gasteiger partial charge in [0.05, 0.1) is 0 Å². The van der Waals surface area contributed by atoms with Gasteiger partial charge in [-0.1, -0.05) is 42.5 Å². The van der Waals surface area contributed by atoms with Gasteiger partial charge in [-0.05, 0) is 36.1 Å². The first-order valence-corrected chi connectivity index (χ1v) is 5.95. The maximum atomic E-state index is 11.3. The number of aryl methyl sites for hydroxylation is 1. The monoisotopic (exact) mass is 254 g/mol. The van der Waals surface area contributed by atoms with E-state index in [1.54, 1.807) is 24.3 Å². The molecule has 0 unspecified atom stereocenters. The first-order chi connectivity index (χ1) is 9.00. The summed E-state index contributed by atoms with van der Waals surface area (Å²) < 4.78 is 0. The third-order valence-corrected chi connectivity index (χ3v) is 3.26. The van der Waals surface area contributed by atoms with Crippen LogP contribution in [0.5, 0.6) is 0 Å². The molecule has 0 bridgehead atoms. The van der Waals surface area contributed by atoms with Crippen LogP contribution in [0.2, 0.25) is 0 Å². The van der Waals surface area contributed by atoms with E-state index in [-0.39, 0.29) is 5.56 Å². The number of ketones is 1. The Balaban J connectivity index is 2.41. The second kappa shape index (κ2) is 5.06. The van der Waals surface area contributed by atoms with Gasteiger partial charge in [0.2, 0.25) is 0 Å². The minimum Gasteiger partial charge on any atom is -0.475 e. The highest BCUT2D eigenvalue weighted by Gasteiger charge is 2.14. The summed E-state index contributed by atoms with van der Waals surface area (Å²) in [7, 11) is 0. The van der Waals surface area contributed by atoms with Gasteiger partial charge >= 0.3 is 5.97 Å². The third-order valence-electron chi connectivity index (χ3n) is 3.26. The Morgan fingerprint density at radius 2 is 1.58 bits per heavy atom. The lowest BCUT2D eigenvalue weighted by atomic mass is 9.96. The molecule has 0 saturated heterocycles. The van der Waals surface area contributed by atoms with Gasteiger partial charge in [-0.25, -0.2) is 4.79 Å². The lowest BCUT2D eigenvalue weighted by Gasteiger charge is -2.09. The van der Waals surface area contributed by atoms with Gasteiger partial charge in [0.1, 0.15) is 0 Å². The Labute approximate surface area is 111 Å². The van der Waals surface area contributed by atoms with Crippen LogP contribution in [0.25, 0.3) is 11.1 Å². The van der Waals surface area contributed by atoms with E-state index < -0.39 is 11.8 Å². The van der Waals surface area contributed by atoms with E-state index in [0.29, 0.717) is 0 Å². The molecule has 1 N–H and O–H groups in total. The molecule has 0 atom stereocenters. The van der Waals surface area contributed by atoms with Crippen molar-refractivity contribution in [1.82, 2.24) is 0 Å². The summed E-state index contributed by atoms with van der Waals surface area (Å²) in [5.41, 5.74) is 4.64. The van der Waals surface area contributed by atoms with Crippen molar-refractivity contribution in [2.24, 2.45) is 0 Å². The molecule has 0 aromatic heterocycles. The second-order valence-corrected chi connectivity index (χ2v) is 4.46. The van der Waals surface area contributed by atoms with Crippen molar-refractivity contribution in [2.45, 2.75) is 13.8 Å². The zero-order valence-corrected chi connectivity index (χ0v) is 10.8. The van der Waals surface area contributed by atoms with Crippen molar-refractivity contribution in [2.75, 3.05) is 0 Å². The third kappa shape index (κ3) is 2.55. The average Bonchev–Trinajstić information content (AvgIpc) is 2.41. The summed E-state index contributed by atoms with van der Waals surface area (Å²) >= 11 is 0. The lowest BCUT2D eigenvalue weighted by Crippen LogP contribution is -2.12. The molecular formula is C16H14O3. The number of aliphatic carboxylic acids is 1. The van der Waals surface area contributed by atoms with E-state index in [4.69, 9.17) is 5.11 Å². The van der Waals surface area contributed by atoms with Crippen molar-refractivity contribution in [1.29, 1.82) is 0 Å². The number of carbonyl (C=O) groups is 2. The number of Topliss-reactive ketones (excluding diaryl/α,β-unsaturated/α-hetero) is 1. The van der Waals surface area contributed by atoms with Crippen LogP contribution >= 0.6 is 0 Å². The molecule has 0 radical (unpaired) electrons. The number of rotatable bonds is 3. The first kappa shape index (κ1) is 13.0. The maximum absolute atomic E-state index is 11.3. The van der Waals surface area contributed by atoms with E-state index in [9.17, 15) is 9.59 Å². The Morgan fingerprint density at radius 1 is 0.947 bits per heavy atom. The number of hydrogen-bond acceptors (Lipinski definition) is 2. The van der Waals surface area contributed by atoms with E-state index in [1.807, 2.05) is 32.0 Å². The molecule has 2 rings (SSSR count). The first-order valence-electron chi connectivity index (χ1n) is 5.95. The van der Waals surface area contributed by atoms with Gasteiger partial charge in [0, 0.05) is 5.56 Å². The molecule has 0 amide bonds. The highest BCUT2D eigenvalue weighted by molar-refractivity contribution is 6.39. The van der Waals surface area contributed by atoms with Gasteiger partial charge in [-0.2, -0.15) is 0 Å². The summed E-state index contributed by atoms with van der Waals surface area (Å²) in [5, 5.41) is 8.65. The predicted molar refractivity (Wildman–Crippen MR) is 73.3 cm³/mol. The molecular weight excluding hydrogens is 240 g/mol. The molecule has 2 aromatic carbocycles. The fraction of sp³-hybridized carbons (Fsp3) is 0.125. The number of carboxylic acids is 1. The number of benzene rings is 2. The highest BCUT2D eigenvalue weighted by Crippen LogP contribution is 2.25. The molecule has 3 heteroatoms. The molecule has 0 aliphatic rings. The standard InChI is InChI=1S/C16H14O3/c1-10-4-3-5-14(11(10)2)12-6-8-13(9-7-12)15(17)16(18)19/h3-9H,1-2H3,(H,18,19). The fourth-order valence-electron chi connectivity index (χ4n) is 1.99. The molecule has 96 valence electrons. The molecule has 19 heavy (non-hydrogen) atoms. The minimum absolute atomic E-state index is 0.196. The predicted octanol–water partition coefficient (Wildman–Crippen LogP) is 3.24. The van der Waals surface area contributed by atoms with Gasteiger partial charge in [-0.3, -0.25) is 4.79 Å². The van der Waals surface area contributed by atoms with E-state index in [1.165, 1.54) is 11.1 Å². The van der Waals surface area contributed by atoms with Crippen molar-refractivity contribution in [3.63, 3.8) is 0 Å². The summed E-state index contributed by atoms with van der Waals surface area (Å²) in [4.78, 5) is 21.9. The highest BCUT2D eigenvalue weighted by atomic mass is 16.4. The Hall–Kier alpha value is -2.42. The normalized spacial score (nSPS) is 10.2. The molecule has 2 aromatic rings. The fourth-order valence-corrected chi connectivity index (χ4v) is 1.99. The SMILES string of the molecule is Cc1cccc(-c2ccc(C(=O)C(=O)O)cc2)c1C. The Bertz CT molecular complexity index is 640. The minimum atomic E-state index is -1.43. The zero-order valence-electron chi connectivity index (χ0n) is 10.8. The van der Waals surface area contributed by atoms with Gasteiger partial charge in [0.25, 0.3) is 5.78 Å². The topological polar surface area (TPSA) is 54.4 Å². The molecule has 3 nitrogen and oxygen atoms in total. The van der Waals surface area contributed by atoms with Crippen LogP contribution in [0.1, 0.15) is 21.5 Å². The maximum Gasteiger partial charge on any atom is 0.377 e. The molecule has 0 fully saturated rings. The van der Waals surface area contributed by atoms with Crippen LogP contribution in [-0.4, -0.2) is 16.9 Å². The summed E-state index contributed by atoms with van der Waals surface area (Å²) in [6, 6.07) is 12.7. The van der Waals surface area contributed by atoms with Crippen LogP contribution in [0.3, 0.4) is 0 Å². The van der Waals surface area contributed by atoms with Gasteiger partial charge in [0.15, 0.2) is 0 Å². The summed E-state index contributed by atoms with van der Waals surface area (Å²) in [6.45, 7) is 4.09. The molecule has 0 heterocycles. The van der Waals surface area contributed by atoms with Crippen LogP contribution in [0.4, 0.5) is 0 Å². The average molecular weight is 254 g/mol. The number of carbonyl (C=O) groups excluding carboxylic acids is 1. The van der Waals surface area contributed by atoms with Gasteiger partial charge < -0.3 is 5.11 Å². The lowest BCUT2D eigenvalue weighted by molar-refractivity contribution is -0.131. The Morgan fingerprint density at radius 3 is 2.16 bits per heavy atom. The smallest absolute Gasteiger partial charge is 0.377 e. The summed E-state index contributed by atoms with van der Waals surface area (Å²) in [5.74, 6) is -2.31. The van der Waals surface area contributed by atoms with Crippen LogP contribution in [0.15, 0.2) is 42.5 Å². The van der Waals surface area contributed by atoms with Crippen molar-refractivity contribution in [3.05, 3.63) is 59.2 Å². The van der Waals surface area contributed by atoms with E-state index in [2.05, 4.69) is 0 Å². The molecule has 0 aliphatic carbocycles. The molecule has 0 spiro atoms. The number of carboxylic acid groups (broad SMARTS) is 1. The van der Waals surface area contributed by atoms with Crippen LogP contribution < -0.4 is 0 Å². The molecule has 0 saturated carbocycles. The van der Waals surface area contributed by atoms with Gasteiger partial charge in [-0.15, -0.1) is 0 Å². The van der Waals surface area contributed by atoms with Crippen molar-refractivity contribution in [3.8, 4) is 11.1 Å². The largest absolute Gasteiger partial charge is 0.475 e. The van der Waals surface area contributed by atoms with Crippen molar-refractivity contribution >= 4 is 11.8 Å². The van der Waals surface area contributed by atoms with E-state index >= 15 is 0 Å². The van der Waals surface area contributed by atoms with Crippen LogP contribution in [0, 0.1) is 13.8 Å². The second-order valence-electron chi connectivity index (χ2n) is 4.46. The quantitative estimate of drug-likeness (QED) is 0.675. The molecule has 0 aliphatic heterocycles. The van der Waals surface area contributed by atoms with Crippen molar-refractivity contribution < 1.29 is 14.7 Å². The number of hydrogen-bond donors (Lipinski definition) is 1. The zero-order chi connectivity index (χ0) is 14.0. The van der Waals surface area contributed by atoms with Crippen LogP contribution in [-0.2, 0) is 4.79 Å².